The van der Waals surface area contributed by atoms with E-state index in [0.717, 1.165) is 0 Å². The van der Waals surface area contributed by atoms with E-state index in [-0.39, 0.29) is 12.1 Å². The average molecular weight is 162 g/mol. The van der Waals surface area contributed by atoms with E-state index < -0.39 is 12.0 Å². The van der Waals surface area contributed by atoms with Gasteiger partial charge in [-0.1, -0.05) is 5.16 Å². The molecule has 0 aromatic rings. The average Bonchev–Trinajstić information content (AvgIpc) is 2.28. The minimum absolute atomic E-state index is 0.119. The Morgan fingerprint density at radius 2 is 2.27 bits per heavy atom. The molecule has 0 bridgehead atoms. The van der Waals surface area contributed by atoms with Gasteiger partial charge in [0.15, 0.2) is 5.60 Å². The van der Waals surface area contributed by atoms with Gasteiger partial charge in [0.25, 0.3) is 6.43 Å². The van der Waals surface area contributed by atoms with E-state index in [4.69, 9.17) is 4.84 Å². The maximum absolute atomic E-state index is 12.0. The zero-order chi connectivity index (χ0) is 7.90. The predicted molar refractivity (Wildman–Crippen MR) is 34.7 cm³/mol. The summed E-state index contributed by atoms with van der Waals surface area (Å²) in [7, 11) is 0. The molecule has 2 aliphatic rings. The van der Waals surface area contributed by atoms with Gasteiger partial charge in [0, 0.05) is 19.5 Å². The number of hydrogen-bond donors (Lipinski definition) is 1. The Kier molecular flexibility index (Phi) is 1.35. The molecule has 0 aromatic heterocycles. The van der Waals surface area contributed by atoms with Crippen LogP contribution in [0, 0.1) is 0 Å². The van der Waals surface area contributed by atoms with Gasteiger partial charge in [0.05, 0.1) is 0 Å². The highest BCUT2D eigenvalue weighted by atomic mass is 19.3. The van der Waals surface area contributed by atoms with Crippen LogP contribution >= 0.6 is 0 Å². The Labute approximate surface area is 62.4 Å². The smallest absolute Gasteiger partial charge is 0.279 e. The molecule has 0 saturated carbocycles. The van der Waals surface area contributed by atoms with Gasteiger partial charge in [-0.15, -0.1) is 0 Å². The monoisotopic (exact) mass is 162 g/mol. The molecule has 1 saturated heterocycles. The molecule has 0 amide bonds. The van der Waals surface area contributed by atoms with Gasteiger partial charge in [-0.25, -0.2) is 8.78 Å². The first-order valence-electron chi connectivity index (χ1n) is 3.46. The van der Waals surface area contributed by atoms with Crippen LogP contribution in [0.3, 0.4) is 0 Å². The highest BCUT2D eigenvalue weighted by Gasteiger charge is 2.46. The third-order valence-corrected chi connectivity index (χ3v) is 2.01. The second-order valence-electron chi connectivity index (χ2n) is 2.94. The van der Waals surface area contributed by atoms with Gasteiger partial charge in [-0.05, 0) is 0 Å². The van der Waals surface area contributed by atoms with Gasteiger partial charge < -0.3 is 10.2 Å². The molecule has 2 rings (SSSR count). The molecular weight excluding hydrogens is 154 g/mol. The van der Waals surface area contributed by atoms with Crippen LogP contribution in [0.25, 0.3) is 0 Å². The number of nitrogens with one attached hydrogen (secondary N) is 1. The summed E-state index contributed by atoms with van der Waals surface area (Å²) in [4.78, 5) is 4.90. The fourth-order valence-corrected chi connectivity index (χ4v) is 1.26. The zero-order valence-electron chi connectivity index (χ0n) is 5.81. The lowest BCUT2D eigenvalue weighted by atomic mass is 9.91. The lowest BCUT2D eigenvalue weighted by Gasteiger charge is -2.35. The minimum atomic E-state index is -2.46. The largest absolute Gasteiger partial charge is 0.386 e. The van der Waals surface area contributed by atoms with Crippen LogP contribution in [0.5, 0.6) is 0 Å². The number of hydrogen-bond acceptors (Lipinski definition) is 3. The molecule has 0 aliphatic carbocycles. The molecular formula is C6H8F2N2O. The van der Waals surface area contributed by atoms with Gasteiger partial charge in [0.2, 0.25) is 0 Å². The van der Waals surface area contributed by atoms with Gasteiger partial charge in [0.1, 0.15) is 5.71 Å². The van der Waals surface area contributed by atoms with Gasteiger partial charge in [-0.3, -0.25) is 0 Å². The van der Waals surface area contributed by atoms with Crippen LogP contribution in [0.2, 0.25) is 0 Å². The van der Waals surface area contributed by atoms with Crippen LogP contribution in [0.1, 0.15) is 6.42 Å². The fraction of sp³-hybridized carbons (Fsp3) is 0.833. The summed E-state index contributed by atoms with van der Waals surface area (Å²) in [5.74, 6) is 0. The van der Waals surface area contributed by atoms with E-state index >= 15 is 0 Å². The summed E-state index contributed by atoms with van der Waals surface area (Å²) < 4.78 is 24.0. The second-order valence-corrected chi connectivity index (χ2v) is 2.94. The number of nitrogens with zero attached hydrogens (tertiary/aromatic N) is 1. The highest BCUT2D eigenvalue weighted by molar-refractivity contribution is 5.89. The van der Waals surface area contributed by atoms with Crippen LogP contribution in [0.15, 0.2) is 5.16 Å². The summed E-state index contributed by atoms with van der Waals surface area (Å²) >= 11 is 0. The van der Waals surface area contributed by atoms with Crippen LogP contribution in [-0.4, -0.2) is 30.8 Å². The molecule has 0 atom stereocenters. The topological polar surface area (TPSA) is 33.6 Å². The van der Waals surface area contributed by atoms with E-state index in [1.807, 2.05) is 0 Å². The first-order valence-corrected chi connectivity index (χ1v) is 3.46. The number of rotatable bonds is 1. The fourth-order valence-electron chi connectivity index (χ4n) is 1.26. The van der Waals surface area contributed by atoms with Crippen molar-refractivity contribution >= 4 is 5.71 Å². The summed E-state index contributed by atoms with van der Waals surface area (Å²) in [5.41, 5.74) is -0.544. The predicted octanol–water partition coefficient (Wildman–Crippen LogP) is 0.370. The van der Waals surface area contributed by atoms with E-state index in [9.17, 15) is 8.78 Å². The Bertz CT molecular complexity index is 201. The minimum Gasteiger partial charge on any atom is -0.386 e. The number of halogens is 2. The van der Waals surface area contributed by atoms with E-state index in [1.165, 1.54) is 0 Å². The van der Waals surface area contributed by atoms with Crippen molar-refractivity contribution in [3.8, 4) is 0 Å². The standard InChI is InChI=1S/C6H8F2N2O/c7-5(8)4-1-6(11-10-4)2-9-3-6/h5,9H,1-3H2. The Balaban J connectivity index is 1.99. The van der Waals surface area contributed by atoms with Crippen molar-refractivity contribution in [2.45, 2.75) is 18.4 Å². The molecule has 1 fully saturated rings. The number of oxime groups is 1. The van der Waals surface area contributed by atoms with Crippen LogP contribution < -0.4 is 5.32 Å². The third kappa shape index (κ3) is 0.994. The molecule has 2 aliphatic heterocycles. The van der Waals surface area contributed by atoms with Crippen molar-refractivity contribution in [3.63, 3.8) is 0 Å². The van der Waals surface area contributed by atoms with Crippen molar-refractivity contribution < 1.29 is 13.6 Å². The maximum Gasteiger partial charge on any atom is 0.279 e. The second kappa shape index (κ2) is 2.14. The Morgan fingerprint density at radius 1 is 1.55 bits per heavy atom. The van der Waals surface area contributed by atoms with Crippen molar-refractivity contribution in [1.29, 1.82) is 0 Å². The first kappa shape index (κ1) is 6.97. The maximum atomic E-state index is 12.0. The molecule has 3 nitrogen and oxygen atoms in total. The van der Waals surface area contributed by atoms with E-state index in [1.54, 1.807) is 0 Å². The molecule has 0 aromatic carbocycles. The third-order valence-electron chi connectivity index (χ3n) is 2.01. The summed E-state index contributed by atoms with van der Waals surface area (Å²) in [6.07, 6.45) is -2.19. The molecule has 11 heavy (non-hydrogen) atoms. The molecule has 0 unspecified atom stereocenters. The summed E-state index contributed by atoms with van der Waals surface area (Å²) in [5, 5.41) is 6.30. The van der Waals surface area contributed by atoms with Crippen molar-refractivity contribution in [2.75, 3.05) is 13.1 Å². The molecule has 5 heteroatoms. The van der Waals surface area contributed by atoms with E-state index in [0.29, 0.717) is 13.1 Å². The van der Waals surface area contributed by atoms with Crippen molar-refractivity contribution in [3.05, 3.63) is 0 Å². The van der Waals surface area contributed by atoms with Gasteiger partial charge in [-0.2, -0.15) is 0 Å². The van der Waals surface area contributed by atoms with Crippen molar-refractivity contribution in [1.82, 2.24) is 5.32 Å². The quantitative estimate of drug-likeness (QED) is 0.604. The molecule has 2 heterocycles. The highest BCUT2D eigenvalue weighted by Crippen LogP contribution is 2.29. The summed E-state index contributed by atoms with van der Waals surface area (Å²) in [6, 6.07) is 0. The molecule has 1 spiro atoms. The first-order chi connectivity index (χ1) is 5.22. The summed E-state index contributed by atoms with van der Waals surface area (Å²) in [6.45, 7) is 1.26. The molecule has 1 N–H and O–H groups in total. The molecule has 62 valence electrons. The number of alkyl halides is 2. The van der Waals surface area contributed by atoms with Crippen molar-refractivity contribution in [2.24, 2.45) is 5.16 Å². The zero-order valence-corrected chi connectivity index (χ0v) is 5.81. The van der Waals surface area contributed by atoms with Crippen LogP contribution in [0.4, 0.5) is 8.78 Å². The van der Waals surface area contributed by atoms with E-state index in [2.05, 4.69) is 10.5 Å². The SMILES string of the molecule is FC(F)C1=NOC2(CNC2)C1. The van der Waals surface area contributed by atoms with Gasteiger partial charge >= 0.3 is 0 Å². The lowest BCUT2D eigenvalue weighted by Crippen LogP contribution is -2.59. The molecule has 0 radical (unpaired) electrons. The Hall–Kier alpha value is -0.710. The Morgan fingerprint density at radius 3 is 2.55 bits per heavy atom. The lowest BCUT2D eigenvalue weighted by molar-refractivity contribution is -0.0559. The van der Waals surface area contributed by atoms with Crippen LogP contribution in [-0.2, 0) is 4.84 Å². The normalized spacial score (nSPS) is 26.6.